The number of aryl methyl sites for hydroxylation is 2. The van der Waals surface area contributed by atoms with Crippen LogP contribution in [-0.2, 0) is 6.54 Å². The Balaban J connectivity index is 2.98. The van der Waals surface area contributed by atoms with E-state index in [2.05, 4.69) is 24.1 Å². The first-order valence-corrected chi connectivity index (χ1v) is 6.22. The summed E-state index contributed by atoms with van der Waals surface area (Å²) >= 11 is 0. The molecule has 0 bridgehead atoms. The van der Waals surface area contributed by atoms with Crippen LogP contribution in [-0.4, -0.2) is 22.6 Å². The third kappa shape index (κ3) is 3.40. The van der Waals surface area contributed by atoms with Gasteiger partial charge in [-0.05, 0) is 32.9 Å². The van der Waals surface area contributed by atoms with Gasteiger partial charge in [-0.2, -0.15) is 4.98 Å². The monoisotopic (exact) mass is 237 g/mol. The Labute approximate surface area is 103 Å². The maximum atomic E-state index is 11.8. The predicted octanol–water partition coefficient (Wildman–Crippen LogP) is 1.49. The molecule has 4 nitrogen and oxygen atoms in total. The molecule has 0 aliphatic carbocycles. The van der Waals surface area contributed by atoms with Gasteiger partial charge in [0.1, 0.15) is 0 Å². The van der Waals surface area contributed by atoms with Gasteiger partial charge in [-0.3, -0.25) is 4.57 Å². The molecule has 1 aromatic heterocycles. The molecule has 0 spiro atoms. The normalized spacial score (nSPS) is 14.6. The van der Waals surface area contributed by atoms with Gasteiger partial charge in [0.05, 0.1) is 0 Å². The zero-order valence-electron chi connectivity index (χ0n) is 11.4. The molecular formula is C13H23N3O. The van der Waals surface area contributed by atoms with Crippen LogP contribution in [0.4, 0.5) is 0 Å². The van der Waals surface area contributed by atoms with Crippen LogP contribution in [0.5, 0.6) is 0 Å². The van der Waals surface area contributed by atoms with Gasteiger partial charge < -0.3 is 5.32 Å². The topological polar surface area (TPSA) is 46.9 Å². The molecule has 17 heavy (non-hydrogen) atoms. The van der Waals surface area contributed by atoms with Crippen molar-refractivity contribution in [1.29, 1.82) is 0 Å². The van der Waals surface area contributed by atoms with Crippen molar-refractivity contribution in [2.24, 2.45) is 5.92 Å². The molecule has 96 valence electrons. The summed E-state index contributed by atoms with van der Waals surface area (Å²) in [7, 11) is 1.94. The van der Waals surface area contributed by atoms with Crippen molar-refractivity contribution in [3.63, 3.8) is 0 Å². The zero-order valence-corrected chi connectivity index (χ0v) is 11.4. The summed E-state index contributed by atoms with van der Waals surface area (Å²) in [5, 5.41) is 3.28. The maximum absolute atomic E-state index is 11.8. The summed E-state index contributed by atoms with van der Waals surface area (Å²) in [5.41, 5.74) is 1.62. The first-order valence-electron chi connectivity index (χ1n) is 6.22. The fourth-order valence-corrected chi connectivity index (χ4v) is 2.03. The van der Waals surface area contributed by atoms with Gasteiger partial charge in [-0.15, -0.1) is 0 Å². The lowest BCUT2D eigenvalue weighted by Crippen LogP contribution is -2.40. The SMILES string of the molecule is CCC(C)C(Cn1c(C)cc(C)nc1=O)NC. The molecule has 0 fully saturated rings. The Hall–Kier alpha value is -1.16. The van der Waals surface area contributed by atoms with Crippen molar-refractivity contribution < 1.29 is 0 Å². The molecule has 1 N–H and O–H groups in total. The highest BCUT2D eigenvalue weighted by molar-refractivity contribution is 5.06. The highest BCUT2D eigenvalue weighted by Crippen LogP contribution is 2.09. The minimum absolute atomic E-state index is 0.147. The van der Waals surface area contributed by atoms with E-state index in [1.54, 1.807) is 4.57 Å². The Morgan fingerprint density at radius 2 is 2.12 bits per heavy atom. The fourth-order valence-electron chi connectivity index (χ4n) is 2.03. The third-order valence-corrected chi connectivity index (χ3v) is 3.43. The van der Waals surface area contributed by atoms with E-state index >= 15 is 0 Å². The highest BCUT2D eigenvalue weighted by Gasteiger charge is 2.16. The van der Waals surface area contributed by atoms with E-state index in [1.807, 2.05) is 27.0 Å². The second-order valence-electron chi connectivity index (χ2n) is 4.71. The molecule has 0 aliphatic heterocycles. The molecular weight excluding hydrogens is 214 g/mol. The van der Waals surface area contributed by atoms with Crippen molar-refractivity contribution in [1.82, 2.24) is 14.9 Å². The average molecular weight is 237 g/mol. The van der Waals surface area contributed by atoms with Crippen LogP contribution >= 0.6 is 0 Å². The number of hydrogen-bond acceptors (Lipinski definition) is 3. The molecule has 0 saturated heterocycles. The molecule has 0 aliphatic rings. The summed E-state index contributed by atoms with van der Waals surface area (Å²) in [6.07, 6.45) is 1.10. The Morgan fingerprint density at radius 1 is 1.47 bits per heavy atom. The number of hydrogen-bond donors (Lipinski definition) is 1. The van der Waals surface area contributed by atoms with Crippen molar-refractivity contribution in [3.05, 3.63) is 27.9 Å². The first kappa shape index (κ1) is 13.9. The van der Waals surface area contributed by atoms with E-state index in [9.17, 15) is 4.79 Å². The highest BCUT2D eigenvalue weighted by atomic mass is 16.1. The molecule has 0 aromatic carbocycles. The average Bonchev–Trinajstić information content (AvgIpc) is 2.27. The zero-order chi connectivity index (χ0) is 13.0. The minimum Gasteiger partial charge on any atom is -0.315 e. The fraction of sp³-hybridized carbons (Fsp3) is 0.692. The van der Waals surface area contributed by atoms with Crippen LogP contribution in [0.15, 0.2) is 10.9 Å². The van der Waals surface area contributed by atoms with Gasteiger partial charge in [0.25, 0.3) is 0 Å². The van der Waals surface area contributed by atoms with Crippen molar-refractivity contribution in [2.75, 3.05) is 7.05 Å². The minimum atomic E-state index is -0.147. The predicted molar refractivity (Wildman–Crippen MR) is 70.3 cm³/mol. The standard InChI is InChI=1S/C13H23N3O/c1-6-9(2)12(14-5)8-16-11(4)7-10(3)15-13(16)17/h7,9,12,14H,6,8H2,1-5H3. The quantitative estimate of drug-likeness (QED) is 0.844. The number of likely N-dealkylation sites (N-methyl/N-ethyl adjacent to an activating group) is 1. The molecule has 1 aromatic rings. The second-order valence-corrected chi connectivity index (χ2v) is 4.71. The van der Waals surface area contributed by atoms with Crippen molar-refractivity contribution in [2.45, 2.75) is 46.7 Å². The van der Waals surface area contributed by atoms with Crippen LogP contribution in [0.25, 0.3) is 0 Å². The van der Waals surface area contributed by atoms with E-state index in [4.69, 9.17) is 0 Å². The van der Waals surface area contributed by atoms with Crippen LogP contribution in [0.2, 0.25) is 0 Å². The van der Waals surface area contributed by atoms with Crippen LogP contribution in [0.3, 0.4) is 0 Å². The summed E-state index contributed by atoms with van der Waals surface area (Å²) < 4.78 is 1.75. The van der Waals surface area contributed by atoms with Gasteiger partial charge in [0.2, 0.25) is 0 Å². The molecule has 0 amide bonds. The largest absolute Gasteiger partial charge is 0.348 e. The van der Waals surface area contributed by atoms with Gasteiger partial charge >= 0.3 is 5.69 Å². The lowest BCUT2D eigenvalue weighted by Gasteiger charge is -2.24. The van der Waals surface area contributed by atoms with Gasteiger partial charge in [-0.1, -0.05) is 20.3 Å². The summed E-state index contributed by atoms with van der Waals surface area (Å²) in [4.78, 5) is 15.8. The summed E-state index contributed by atoms with van der Waals surface area (Å²) in [6, 6.07) is 2.26. The number of nitrogens with one attached hydrogen (secondary N) is 1. The van der Waals surface area contributed by atoms with Crippen molar-refractivity contribution in [3.8, 4) is 0 Å². The molecule has 1 rings (SSSR count). The Kier molecular flexibility index (Phi) is 4.87. The van der Waals surface area contributed by atoms with Crippen molar-refractivity contribution >= 4 is 0 Å². The third-order valence-electron chi connectivity index (χ3n) is 3.43. The van der Waals surface area contributed by atoms with Crippen LogP contribution in [0.1, 0.15) is 31.7 Å². The van der Waals surface area contributed by atoms with E-state index in [-0.39, 0.29) is 5.69 Å². The van der Waals surface area contributed by atoms with Crippen LogP contribution in [0, 0.1) is 19.8 Å². The van der Waals surface area contributed by atoms with E-state index in [0.29, 0.717) is 18.5 Å². The lowest BCUT2D eigenvalue weighted by molar-refractivity contribution is 0.340. The molecule has 0 radical (unpaired) electrons. The molecule has 2 unspecified atom stereocenters. The molecule has 2 atom stereocenters. The smallest absolute Gasteiger partial charge is 0.315 e. The van der Waals surface area contributed by atoms with E-state index in [0.717, 1.165) is 17.8 Å². The Bertz CT molecular complexity index is 425. The van der Waals surface area contributed by atoms with E-state index in [1.165, 1.54) is 0 Å². The molecule has 4 heteroatoms. The summed E-state index contributed by atoms with van der Waals surface area (Å²) in [6.45, 7) is 8.85. The molecule has 0 saturated carbocycles. The van der Waals surface area contributed by atoms with Crippen LogP contribution < -0.4 is 11.0 Å². The Morgan fingerprint density at radius 3 is 2.59 bits per heavy atom. The first-order chi connectivity index (χ1) is 7.99. The van der Waals surface area contributed by atoms with Gasteiger partial charge in [-0.25, -0.2) is 4.79 Å². The number of rotatable bonds is 5. The molecule has 1 heterocycles. The maximum Gasteiger partial charge on any atom is 0.348 e. The number of nitrogens with zero attached hydrogens (tertiary/aromatic N) is 2. The lowest BCUT2D eigenvalue weighted by atomic mass is 9.99. The van der Waals surface area contributed by atoms with E-state index < -0.39 is 0 Å². The number of aromatic nitrogens is 2. The van der Waals surface area contributed by atoms with Gasteiger partial charge in [0.15, 0.2) is 0 Å². The second kappa shape index (κ2) is 5.96. The van der Waals surface area contributed by atoms with Gasteiger partial charge in [0, 0.05) is 24.0 Å². The summed E-state index contributed by atoms with van der Waals surface area (Å²) in [5.74, 6) is 0.535.